The summed E-state index contributed by atoms with van der Waals surface area (Å²) >= 11 is 0. The van der Waals surface area contributed by atoms with E-state index in [1.807, 2.05) is 30.3 Å². The molecule has 4 aromatic rings. The summed E-state index contributed by atoms with van der Waals surface area (Å²) < 4.78 is 33.8. The number of carbonyl (C=O) groups is 2. The number of halogens is 2. The van der Waals surface area contributed by atoms with Gasteiger partial charge in [0.05, 0.1) is 11.3 Å². The number of ether oxygens (including phenoxy) is 1. The molecule has 0 aliphatic carbocycles. The van der Waals surface area contributed by atoms with Crippen LogP contribution >= 0.6 is 0 Å². The first-order chi connectivity index (χ1) is 17.5. The van der Waals surface area contributed by atoms with Crippen LogP contribution in [0, 0.1) is 11.6 Å². The van der Waals surface area contributed by atoms with Crippen molar-refractivity contribution in [3.8, 4) is 11.5 Å². The van der Waals surface area contributed by atoms with E-state index in [1.54, 1.807) is 36.4 Å². The smallest absolute Gasteiger partial charge is 0.326 e. The molecule has 8 heteroatoms. The van der Waals surface area contributed by atoms with Crippen molar-refractivity contribution in [1.82, 2.24) is 5.32 Å². The lowest BCUT2D eigenvalue weighted by Gasteiger charge is -2.24. The number of carbonyl (C=O) groups excluding carboxylic acids is 2. The zero-order valence-corrected chi connectivity index (χ0v) is 19.2. The van der Waals surface area contributed by atoms with Crippen LogP contribution < -0.4 is 20.3 Å². The van der Waals surface area contributed by atoms with Gasteiger partial charge in [0.15, 0.2) is 0 Å². The molecule has 4 rings (SSSR count). The van der Waals surface area contributed by atoms with Gasteiger partial charge in [0, 0.05) is 18.8 Å². The molecule has 0 saturated heterocycles. The van der Waals surface area contributed by atoms with E-state index in [0.717, 1.165) is 0 Å². The highest BCUT2D eigenvalue weighted by Crippen LogP contribution is 2.25. The summed E-state index contributed by atoms with van der Waals surface area (Å²) in [7, 11) is 0. The van der Waals surface area contributed by atoms with Crippen LogP contribution in [0.2, 0.25) is 0 Å². The van der Waals surface area contributed by atoms with Crippen LogP contribution in [0.5, 0.6) is 11.5 Å². The Bertz CT molecular complexity index is 1330. The van der Waals surface area contributed by atoms with Crippen molar-refractivity contribution in [2.24, 2.45) is 0 Å². The third kappa shape index (κ3) is 6.24. The van der Waals surface area contributed by atoms with Crippen LogP contribution in [0.15, 0.2) is 103 Å². The topological polar surface area (TPSA) is 70.7 Å². The van der Waals surface area contributed by atoms with Crippen molar-refractivity contribution in [2.75, 3.05) is 23.3 Å². The maximum Gasteiger partial charge on any atom is 0.326 e. The number of nitrogens with zero attached hydrogens (tertiary/aromatic N) is 1. The average molecular weight is 488 g/mol. The fourth-order valence-electron chi connectivity index (χ4n) is 3.43. The summed E-state index contributed by atoms with van der Waals surface area (Å²) in [6, 6.07) is 26.8. The molecule has 0 unspecified atom stereocenters. The number of hydrogen-bond donors (Lipinski definition) is 2. The largest absolute Gasteiger partial charge is 0.457 e. The Kier molecular flexibility index (Phi) is 7.87. The summed E-state index contributed by atoms with van der Waals surface area (Å²) in [4.78, 5) is 26.8. The number of hydrogen-bond acceptors (Lipinski definition) is 3. The van der Waals surface area contributed by atoms with Crippen molar-refractivity contribution in [3.05, 3.63) is 120 Å². The van der Waals surface area contributed by atoms with Gasteiger partial charge in [-0.25, -0.2) is 13.6 Å². The number of amides is 3. The highest BCUT2D eigenvalue weighted by Gasteiger charge is 2.18. The summed E-state index contributed by atoms with van der Waals surface area (Å²) in [5, 5.41) is 5.17. The predicted octanol–water partition coefficient (Wildman–Crippen LogP) is 6.23. The van der Waals surface area contributed by atoms with E-state index in [0.29, 0.717) is 17.2 Å². The van der Waals surface area contributed by atoms with Crippen molar-refractivity contribution >= 4 is 23.3 Å². The van der Waals surface area contributed by atoms with Gasteiger partial charge in [-0.05, 0) is 60.7 Å². The van der Waals surface area contributed by atoms with Crippen LogP contribution in [0.4, 0.5) is 25.0 Å². The van der Waals surface area contributed by atoms with Crippen molar-refractivity contribution < 1.29 is 23.1 Å². The monoisotopic (exact) mass is 487 g/mol. The normalized spacial score (nSPS) is 10.4. The Labute approximate surface area is 207 Å². The molecular formula is C28H23F2N3O3. The van der Waals surface area contributed by atoms with Gasteiger partial charge in [0.25, 0.3) is 5.91 Å². The van der Waals surface area contributed by atoms with Gasteiger partial charge in [0.1, 0.15) is 23.1 Å². The van der Waals surface area contributed by atoms with Gasteiger partial charge in [0.2, 0.25) is 0 Å². The van der Waals surface area contributed by atoms with Gasteiger partial charge in [-0.1, -0.05) is 42.5 Å². The summed E-state index contributed by atoms with van der Waals surface area (Å²) in [6.07, 6.45) is 0. The molecule has 182 valence electrons. The molecule has 0 heterocycles. The number of rotatable bonds is 8. The Balaban J connectivity index is 1.49. The lowest BCUT2D eigenvalue weighted by molar-refractivity contribution is 0.0950. The summed E-state index contributed by atoms with van der Waals surface area (Å²) in [5.41, 5.74) is 0.415. The molecule has 0 bridgehead atoms. The zero-order valence-electron chi connectivity index (χ0n) is 19.2. The van der Waals surface area contributed by atoms with E-state index in [-0.39, 0.29) is 24.3 Å². The van der Waals surface area contributed by atoms with E-state index in [1.165, 1.54) is 41.3 Å². The molecule has 2 N–H and O–H groups in total. The quantitative estimate of drug-likeness (QED) is 0.310. The fourth-order valence-corrected chi connectivity index (χ4v) is 3.43. The number of benzene rings is 4. The molecule has 36 heavy (non-hydrogen) atoms. The number of urea groups is 1. The lowest BCUT2D eigenvalue weighted by Crippen LogP contribution is -2.41. The minimum absolute atomic E-state index is 0.0203. The zero-order chi connectivity index (χ0) is 25.3. The van der Waals surface area contributed by atoms with E-state index in [2.05, 4.69) is 10.6 Å². The molecule has 0 atom stereocenters. The van der Waals surface area contributed by atoms with Crippen LogP contribution in [0.25, 0.3) is 0 Å². The van der Waals surface area contributed by atoms with Crippen LogP contribution in [-0.4, -0.2) is 25.0 Å². The van der Waals surface area contributed by atoms with E-state index in [4.69, 9.17) is 4.74 Å². The molecule has 0 aromatic heterocycles. The van der Waals surface area contributed by atoms with Gasteiger partial charge >= 0.3 is 6.03 Å². The standard InChI is InChI=1S/C28H23F2N3O3/c29-24-11-5-4-10-23(24)27(34)31-18-19-33(28(35)32-26-13-7-6-12-25(26)30)20-14-16-22(17-15-20)36-21-8-2-1-3-9-21/h1-17H,18-19H2,(H,31,34)(H,32,35). The molecule has 0 aliphatic heterocycles. The third-order valence-corrected chi connectivity index (χ3v) is 5.23. The molecule has 4 aromatic carbocycles. The lowest BCUT2D eigenvalue weighted by atomic mass is 10.2. The maximum absolute atomic E-state index is 14.1. The Morgan fingerprint density at radius 1 is 0.722 bits per heavy atom. The fraction of sp³-hybridized carbons (Fsp3) is 0.0714. The van der Waals surface area contributed by atoms with Crippen molar-refractivity contribution in [3.63, 3.8) is 0 Å². The third-order valence-electron chi connectivity index (χ3n) is 5.23. The molecule has 0 aliphatic rings. The molecule has 0 spiro atoms. The highest BCUT2D eigenvalue weighted by molar-refractivity contribution is 6.02. The second-order valence-electron chi connectivity index (χ2n) is 7.71. The minimum Gasteiger partial charge on any atom is -0.457 e. The SMILES string of the molecule is O=C(NCCN(C(=O)Nc1ccccc1F)c1ccc(Oc2ccccc2)cc1)c1ccccc1F. The Morgan fingerprint density at radius 3 is 2.03 bits per heavy atom. The van der Waals surface area contributed by atoms with Gasteiger partial charge in [-0.3, -0.25) is 9.69 Å². The molecular weight excluding hydrogens is 464 g/mol. The Hall–Kier alpha value is -4.72. The maximum atomic E-state index is 14.1. The summed E-state index contributed by atoms with van der Waals surface area (Å²) in [5.74, 6) is -0.597. The van der Waals surface area contributed by atoms with Crippen LogP contribution in [-0.2, 0) is 0 Å². The molecule has 6 nitrogen and oxygen atoms in total. The van der Waals surface area contributed by atoms with Gasteiger partial charge in [-0.15, -0.1) is 0 Å². The van der Waals surface area contributed by atoms with Crippen molar-refractivity contribution in [2.45, 2.75) is 0 Å². The first kappa shape index (κ1) is 24.4. The molecule has 0 radical (unpaired) electrons. The van der Waals surface area contributed by atoms with E-state index >= 15 is 0 Å². The highest BCUT2D eigenvalue weighted by atomic mass is 19.1. The Morgan fingerprint density at radius 2 is 1.33 bits per heavy atom. The average Bonchev–Trinajstić information content (AvgIpc) is 2.89. The second kappa shape index (κ2) is 11.6. The summed E-state index contributed by atoms with van der Waals surface area (Å²) in [6.45, 7) is 0.0689. The van der Waals surface area contributed by atoms with Crippen LogP contribution in [0.1, 0.15) is 10.4 Å². The minimum atomic E-state index is -0.641. The first-order valence-electron chi connectivity index (χ1n) is 11.2. The van der Waals surface area contributed by atoms with E-state index < -0.39 is 23.6 Å². The second-order valence-corrected chi connectivity index (χ2v) is 7.71. The van der Waals surface area contributed by atoms with Crippen molar-refractivity contribution in [1.29, 1.82) is 0 Å². The first-order valence-corrected chi connectivity index (χ1v) is 11.2. The number of nitrogens with one attached hydrogen (secondary N) is 2. The molecule has 3 amide bonds. The molecule has 0 saturated carbocycles. The predicted molar refractivity (Wildman–Crippen MR) is 134 cm³/mol. The number of para-hydroxylation sites is 2. The van der Waals surface area contributed by atoms with E-state index in [9.17, 15) is 18.4 Å². The van der Waals surface area contributed by atoms with Gasteiger partial charge in [-0.2, -0.15) is 0 Å². The number of anilines is 2. The molecule has 0 fully saturated rings. The van der Waals surface area contributed by atoms with Gasteiger partial charge < -0.3 is 15.4 Å². The van der Waals surface area contributed by atoms with Crippen LogP contribution in [0.3, 0.4) is 0 Å².